The molecule has 0 spiro atoms. The Morgan fingerprint density at radius 3 is 1.55 bits per heavy atom. The number of aliphatic carboxylic acids is 1. The third kappa shape index (κ3) is 9.09. The highest BCUT2D eigenvalue weighted by Crippen LogP contribution is 2.08. The first-order valence-corrected chi connectivity index (χ1v) is 12.2. The fourth-order valence-corrected chi connectivity index (χ4v) is 3.67. The van der Waals surface area contributed by atoms with Gasteiger partial charge in [0.2, 0.25) is 11.8 Å². The molecule has 0 aliphatic carbocycles. The van der Waals surface area contributed by atoms with Gasteiger partial charge in [-0.25, -0.2) is 4.79 Å². The monoisotopic (exact) mass is 517 g/mol. The molecule has 9 heteroatoms. The molecule has 9 nitrogen and oxygen atoms in total. The van der Waals surface area contributed by atoms with Gasteiger partial charge in [0.1, 0.15) is 24.7 Å². The van der Waals surface area contributed by atoms with E-state index in [0.717, 1.165) is 16.7 Å². The summed E-state index contributed by atoms with van der Waals surface area (Å²) in [5.41, 5.74) is 2.35. The van der Waals surface area contributed by atoms with Gasteiger partial charge in [-0.3, -0.25) is 14.4 Å². The number of carbonyl (C=O) groups excluding carboxylic acids is 3. The molecule has 0 fully saturated rings. The summed E-state index contributed by atoms with van der Waals surface area (Å²) in [5.74, 6) is -2.46. The maximum atomic E-state index is 13.4. The Bertz CT molecular complexity index is 1200. The normalized spacial score (nSPS) is 12.9. The third-order valence-corrected chi connectivity index (χ3v) is 5.75. The maximum absolute atomic E-state index is 13.4. The Labute approximate surface area is 221 Å². The molecule has 0 saturated heterocycles. The Morgan fingerprint density at radius 1 is 0.658 bits per heavy atom. The van der Waals surface area contributed by atoms with Gasteiger partial charge in [0.05, 0.1) is 0 Å². The quantitative estimate of drug-likeness (QED) is 0.292. The molecule has 0 bridgehead atoms. The van der Waals surface area contributed by atoms with Crippen molar-refractivity contribution in [2.75, 3.05) is 0 Å². The van der Waals surface area contributed by atoms with Crippen LogP contribution in [0.2, 0.25) is 0 Å². The Morgan fingerprint density at radius 2 is 1.08 bits per heavy atom. The highest BCUT2D eigenvalue weighted by atomic mass is 16.5. The molecule has 3 aromatic carbocycles. The van der Waals surface area contributed by atoms with Crippen LogP contribution in [-0.4, -0.2) is 47.1 Å². The van der Waals surface area contributed by atoms with Crippen LogP contribution in [-0.2, 0) is 38.6 Å². The largest absolute Gasteiger partial charge is 0.480 e. The van der Waals surface area contributed by atoms with Crippen LogP contribution in [0.3, 0.4) is 0 Å². The van der Waals surface area contributed by atoms with Crippen molar-refractivity contribution >= 4 is 23.9 Å². The summed E-state index contributed by atoms with van der Waals surface area (Å²) in [5, 5.41) is 16.9. The van der Waals surface area contributed by atoms with Gasteiger partial charge < -0.3 is 25.8 Å². The summed E-state index contributed by atoms with van der Waals surface area (Å²) in [6.45, 7) is 1.36. The second-order valence-electron chi connectivity index (χ2n) is 8.77. The number of carboxylic acid groups (broad SMARTS) is 1. The van der Waals surface area contributed by atoms with Gasteiger partial charge in [-0.1, -0.05) is 91.0 Å². The van der Waals surface area contributed by atoms with Crippen molar-refractivity contribution < 1.29 is 29.0 Å². The van der Waals surface area contributed by atoms with Crippen molar-refractivity contribution in [3.05, 3.63) is 108 Å². The van der Waals surface area contributed by atoms with Gasteiger partial charge >= 0.3 is 12.1 Å². The van der Waals surface area contributed by atoms with E-state index >= 15 is 0 Å². The van der Waals surface area contributed by atoms with Crippen LogP contribution in [0.15, 0.2) is 91.0 Å². The second kappa shape index (κ2) is 14.2. The van der Waals surface area contributed by atoms with E-state index in [2.05, 4.69) is 16.0 Å². The van der Waals surface area contributed by atoms with Crippen LogP contribution < -0.4 is 16.0 Å². The van der Waals surface area contributed by atoms with E-state index in [1.807, 2.05) is 66.7 Å². The van der Waals surface area contributed by atoms with Gasteiger partial charge in [-0.05, 0) is 23.6 Å². The van der Waals surface area contributed by atoms with E-state index in [0.29, 0.717) is 0 Å². The number of ether oxygens (including phenoxy) is 1. The van der Waals surface area contributed by atoms with Crippen molar-refractivity contribution in [1.82, 2.24) is 16.0 Å². The van der Waals surface area contributed by atoms with Gasteiger partial charge in [-0.15, -0.1) is 0 Å². The maximum Gasteiger partial charge on any atom is 0.408 e. The van der Waals surface area contributed by atoms with E-state index in [1.165, 1.54) is 6.92 Å². The lowest BCUT2D eigenvalue weighted by Crippen LogP contribution is -2.56. The number of carboxylic acids is 1. The van der Waals surface area contributed by atoms with Crippen molar-refractivity contribution in [3.63, 3.8) is 0 Å². The number of benzene rings is 3. The topological polar surface area (TPSA) is 134 Å². The fourth-order valence-electron chi connectivity index (χ4n) is 3.67. The van der Waals surface area contributed by atoms with Crippen LogP contribution in [0.4, 0.5) is 4.79 Å². The van der Waals surface area contributed by atoms with E-state index in [9.17, 15) is 24.3 Å². The first-order valence-electron chi connectivity index (χ1n) is 12.2. The lowest BCUT2D eigenvalue weighted by molar-refractivity contribution is -0.141. The molecule has 0 heterocycles. The summed E-state index contributed by atoms with van der Waals surface area (Å²) in [7, 11) is 0. The lowest BCUT2D eigenvalue weighted by Gasteiger charge is -2.24. The smallest absolute Gasteiger partial charge is 0.408 e. The van der Waals surface area contributed by atoms with E-state index in [4.69, 9.17) is 4.74 Å². The molecule has 0 aliphatic heterocycles. The van der Waals surface area contributed by atoms with E-state index in [1.54, 1.807) is 24.3 Å². The number of hydrogen-bond acceptors (Lipinski definition) is 5. The lowest BCUT2D eigenvalue weighted by atomic mass is 10.0. The highest BCUT2D eigenvalue weighted by molar-refractivity contribution is 5.93. The molecular weight excluding hydrogens is 486 g/mol. The Hall–Kier alpha value is -4.66. The van der Waals surface area contributed by atoms with Gasteiger partial charge in [-0.2, -0.15) is 0 Å². The van der Waals surface area contributed by atoms with Crippen molar-refractivity contribution in [1.29, 1.82) is 0 Å². The molecule has 38 heavy (non-hydrogen) atoms. The number of hydrogen-bond donors (Lipinski definition) is 4. The van der Waals surface area contributed by atoms with E-state index in [-0.39, 0.29) is 19.4 Å². The summed E-state index contributed by atoms with van der Waals surface area (Å²) < 4.78 is 5.30. The zero-order valence-electron chi connectivity index (χ0n) is 21.0. The number of alkyl carbamates (subject to hydrolysis) is 1. The molecule has 0 aliphatic rings. The fraction of sp³-hybridized carbons (Fsp3) is 0.241. The standard InChI is InChI=1S/C29H31N3O6/c1-20(28(35)36)30-26(33)24(17-21-11-5-2-6-12-21)31-27(34)25(18-22-13-7-3-8-14-22)32-29(37)38-19-23-15-9-4-10-16-23/h2-16,20,24-25H,17-19H2,1H3,(H,30,33)(H,31,34)(H,32,37)(H,35,36)/t20-,24-,25-/m0/s1. The molecule has 3 rings (SSSR count). The van der Waals surface area contributed by atoms with Crippen LogP contribution in [0.25, 0.3) is 0 Å². The van der Waals surface area contributed by atoms with Gasteiger partial charge in [0.15, 0.2) is 0 Å². The predicted octanol–water partition coefficient (Wildman–Crippen LogP) is 2.84. The zero-order chi connectivity index (χ0) is 27.3. The number of amides is 3. The third-order valence-electron chi connectivity index (χ3n) is 5.75. The summed E-state index contributed by atoms with van der Waals surface area (Å²) in [4.78, 5) is 50.2. The van der Waals surface area contributed by atoms with Crippen LogP contribution >= 0.6 is 0 Å². The molecule has 0 aromatic heterocycles. The van der Waals surface area contributed by atoms with Crippen molar-refractivity contribution in [2.45, 2.75) is 44.5 Å². The average molecular weight is 518 g/mol. The predicted molar refractivity (Wildman–Crippen MR) is 141 cm³/mol. The van der Waals surface area contributed by atoms with Crippen molar-refractivity contribution in [3.8, 4) is 0 Å². The molecular formula is C29H31N3O6. The number of carbonyl (C=O) groups is 4. The molecule has 0 unspecified atom stereocenters. The SMILES string of the molecule is C[C@H](NC(=O)[C@H](Cc1ccccc1)NC(=O)[C@H](Cc1ccccc1)NC(=O)OCc1ccccc1)C(=O)O. The van der Waals surface area contributed by atoms with E-state index < -0.39 is 42.0 Å². The molecule has 3 aromatic rings. The summed E-state index contributed by atoms with van der Waals surface area (Å²) in [6, 6.07) is 24.0. The van der Waals surface area contributed by atoms with Crippen LogP contribution in [0, 0.1) is 0 Å². The summed E-state index contributed by atoms with van der Waals surface area (Å²) in [6.07, 6.45) is -0.506. The molecule has 4 N–H and O–H groups in total. The average Bonchev–Trinajstić information content (AvgIpc) is 2.92. The minimum absolute atomic E-state index is 0.0263. The Balaban J connectivity index is 1.75. The van der Waals surface area contributed by atoms with Crippen LogP contribution in [0.1, 0.15) is 23.6 Å². The van der Waals surface area contributed by atoms with Gasteiger partial charge in [0.25, 0.3) is 0 Å². The molecule has 3 atom stereocenters. The molecule has 198 valence electrons. The minimum Gasteiger partial charge on any atom is -0.480 e. The molecule has 0 saturated carbocycles. The molecule has 0 radical (unpaired) electrons. The first-order chi connectivity index (χ1) is 18.3. The number of rotatable bonds is 12. The van der Waals surface area contributed by atoms with Crippen molar-refractivity contribution in [2.24, 2.45) is 0 Å². The Kier molecular flexibility index (Phi) is 10.4. The number of nitrogens with one attached hydrogen (secondary N) is 3. The first kappa shape index (κ1) is 27.9. The van der Waals surface area contributed by atoms with Gasteiger partial charge in [0, 0.05) is 12.8 Å². The second-order valence-corrected chi connectivity index (χ2v) is 8.77. The highest BCUT2D eigenvalue weighted by Gasteiger charge is 2.29. The zero-order valence-corrected chi connectivity index (χ0v) is 21.0. The molecule has 3 amide bonds. The summed E-state index contributed by atoms with van der Waals surface area (Å²) >= 11 is 0. The van der Waals surface area contributed by atoms with Crippen LogP contribution in [0.5, 0.6) is 0 Å². The minimum atomic E-state index is -1.20.